The molecule has 14 heavy (non-hydrogen) atoms. The molecule has 0 bridgehead atoms. The predicted octanol–water partition coefficient (Wildman–Crippen LogP) is 1.04. The van der Waals surface area contributed by atoms with Crippen LogP contribution in [0.1, 0.15) is 5.56 Å². The molecule has 0 fully saturated rings. The Hall–Kier alpha value is -0.940. The first-order chi connectivity index (χ1) is 6.59. The highest BCUT2D eigenvalue weighted by Crippen LogP contribution is 2.07. The predicted molar refractivity (Wildman–Crippen MR) is 62.4 cm³/mol. The van der Waals surface area contributed by atoms with Crippen molar-refractivity contribution in [2.24, 2.45) is 5.73 Å². The minimum absolute atomic E-state index is 0.0381. The second-order valence-corrected chi connectivity index (χ2v) is 4.33. The Morgan fingerprint density at radius 1 is 1.71 bits per heavy atom. The second kappa shape index (κ2) is 5.07. The molecule has 0 unspecified atom stereocenters. The monoisotopic (exact) mass is 228 g/mol. The van der Waals surface area contributed by atoms with Gasteiger partial charge in [0.15, 0.2) is 0 Å². The third-order valence-corrected chi connectivity index (χ3v) is 2.62. The lowest BCUT2D eigenvalue weighted by atomic mass is 10.2. The van der Waals surface area contributed by atoms with Crippen LogP contribution >= 0.6 is 23.6 Å². The molecule has 3 nitrogen and oxygen atoms in total. The quantitative estimate of drug-likeness (QED) is 0.783. The normalized spacial score (nSPS) is 9.79. The van der Waals surface area contributed by atoms with Gasteiger partial charge in [0.25, 0.3) is 0 Å². The van der Waals surface area contributed by atoms with Gasteiger partial charge in [-0.3, -0.25) is 4.79 Å². The standard InChI is InChI=1S/C9H12N2OS2/c1-11(5-8(10)13)9(12)4-7-2-3-14-6-7/h2-3,6H,4-5H2,1H3,(H2,10,13). The molecule has 0 aromatic carbocycles. The molecule has 1 aromatic rings. The van der Waals surface area contributed by atoms with Crippen LogP contribution in [0, 0.1) is 0 Å². The van der Waals surface area contributed by atoms with Crippen LogP contribution in [-0.2, 0) is 11.2 Å². The summed E-state index contributed by atoms with van der Waals surface area (Å²) >= 11 is 6.31. The van der Waals surface area contributed by atoms with Gasteiger partial charge in [-0.05, 0) is 22.4 Å². The van der Waals surface area contributed by atoms with Gasteiger partial charge in [-0.2, -0.15) is 11.3 Å². The zero-order valence-corrected chi connectivity index (χ0v) is 9.53. The minimum Gasteiger partial charge on any atom is -0.392 e. The van der Waals surface area contributed by atoms with E-state index in [0.717, 1.165) is 5.56 Å². The first-order valence-electron chi connectivity index (χ1n) is 4.13. The van der Waals surface area contributed by atoms with E-state index in [9.17, 15) is 4.79 Å². The van der Waals surface area contributed by atoms with Crippen molar-refractivity contribution >= 4 is 34.5 Å². The number of thiocarbonyl (C=S) groups is 1. The molecular weight excluding hydrogens is 216 g/mol. The SMILES string of the molecule is CN(CC(N)=S)C(=O)Cc1ccsc1. The van der Waals surface area contributed by atoms with Gasteiger partial charge in [-0.25, -0.2) is 0 Å². The Labute approximate surface area is 92.5 Å². The van der Waals surface area contributed by atoms with Crippen molar-refractivity contribution < 1.29 is 4.79 Å². The number of carbonyl (C=O) groups is 1. The summed E-state index contributed by atoms with van der Waals surface area (Å²) in [6.45, 7) is 0.346. The molecule has 2 N–H and O–H groups in total. The van der Waals surface area contributed by atoms with E-state index in [1.54, 1.807) is 23.3 Å². The first-order valence-corrected chi connectivity index (χ1v) is 5.48. The van der Waals surface area contributed by atoms with Gasteiger partial charge >= 0.3 is 0 Å². The number of amides is 1. The molecular formula is C9H12N2OS2. The third-order valence-electron chi connectivity index (χ3n) is 1.75. The number of hydrogen-bond donors (Lipinski definition) is 1. The van der Waals surface area contributed by atoms with Crippen LogP contribution < -0.4 is 5.73 Å². The van der Waals surface area contributed by atoms with Gasteiger partial charge in [0.1, 0.15) is 0 Å². The zero-order chi connectivity index (χ0) is 10.6. The van der Waals surface area contributed by atoms with E-state index in [4.69, 9.17) is 18.0 Å². The lowest BCUT2D eigenvalue weighted by Crippen LogP contribution is -2.35. The van der Waals surface area contributed by atoms with E-state index in [1.807, 2.05) is 16.8 Å². The molecule has 5 heteroatoms. The number of nitrogens with two attached hydrogens (primary N) is 1. The Balaban J connectivity index is 2.46. The summed E-state index contributed by atoms with van der Waals surface area (Å²) in [5.74, 6) is 0.0381. The summed E-state index contributed by atoms with van der Waals surface area (Å²) in [6, 6.07) is 1.94. The van der Waals surface area contributed by atoms with Crippen molar-refractivity contribution in [2.45, 2.75) is 6.42 Å². The van der Waals surface area contributed by atoms with Crippen molar-refractivity contribution in [3.63, 3.8) is 0 Å². The van der Waals surface area contributed by atoms with Crippen LogP contribution in [0.4, 0.5) is 0 Å². The molecule has 0 saturated carbocycles. The largest absolute Gasteiger partial charge is 0.392 e. The molecule has 0 aliphatic heterocycles. The van der Waals surface area contributed by atoms with Crippen molar-refractivity contribution in [1.82, 2.24) is 4.90 Å². The van der Waals surface area contributed by atoms with Gasteiger partial charge < -0.3 is 10.6 Å². The van der Waals surface area contributed by atoms with Crippen molar-refractivity contribution in [2.75, 3.05) is 13.6 Å². The molecule has 0 atom stereocenters. The summed E-state index contributed by atoms with van der Waals surface area (Å²) in [5, 5.41) is 3.92. The maximum Gasteiger partial charge on any atom is 0.227 e. The number of carbonyl (C=O) groups excluding carboxylic acids is 1. The van der Waals surface area contributed by atoms with E-state index in [1.165, 1.54) is 0 Å². The molecule has 0 radical (unpaired) electrons. The summed E-state index contributed by atoms with van der Waals surface area (Å²) in [5.41, 5.74) is 6.38. The van der Waals surface area contributed by atoms with E-state index >= 15 is 0 Å². The Kier molecular flexibility index (Phi) is 4.03. The number of rotatable bonds is 4. The highest BCUT2D eigenvalue weighted by molar-refractivity contribution is 7.80. The Morgan fingerprint density at radius 2 is 2.43 bits per heavy atom. The van der Waals surface area contributed by atoms with E-state index in [-0.39, 0.29) is 5.91 Å². The van der Waals surface area contributed by atoms with Crippen molar-refractivity contribution in [3.05, 3.63) is 22.4 Å². The highest BCUT2D eigenvalue weighted by Gasteiger charge is 2.10. The summed E-state index contributed by atoms with van der Waals surface area (Å²) in [4.78, 5) is 13.4. The molecule has 0 saturated heterocycles. The Morgan fingerprint density at radius 3 is 2.93 bits per heavy atom. The van der Waals surface area contributed by atoms with Gasteiger partial charge in [-0.1, -0.05) is 12.2 Å². The van der Waals surface area contributed by atoms with Gasteiger partial charge in [0.2, 0.25) is 5.91 Å². The lowest BCUT2D eigenvalue weighted by molar-refractivity contribution is -0.128. The van der Waals surface area contributed by atoms with Crippen LogP contribution in [0.2, 0.25) is 0 Å². The fraction of sp³-hybridized carbons (Fsp3) is 0.333. The van der Waals surface area contributed by atoms with Crippen LogP contribution in [0.25, 0.3) is 0 Å². The molecule has 1 aromatic heterocycles. The summed E-state index contributed by atoms with van der Waals surface area (Å²) in [7, 11) is 1.70. The number of hydrogen-bond acceptors (Lipinski definition) is 3. The molecule has 1 rings (SSSR count). The second-order valence-electron chi connectivity index (χ2n) is 3.02. The van der Waals surface area contributed by atoms with Crippen LogP contribution in [0.5, 0.6) is 0 Å². The van der Waals surface area contributed by atoms with E-state index < -0.39 is 0 Å². The van der Waals surface area contributed by atoms with Crippen LogP contribution in [0.15, 0.2) is 16.8 Å². The maximum atomic E-state index is 11.6. The van der Waals surface area contributed by atoms with Crippen molar-refractivity contribution in [3.8, 4) is 0 Å². The fourth-order valence-corrected chi connectivity index (χ4v) is 1.89. The topological polar surface area (TPSA) is 46.3 Å². The van der Waals surface area contributed by atoms with Crippen LogP contribution in [0.3, 0.4) is 0 Å². The summed E-state index contributed by atoms with van der Waals surface area (Å²) < 4.78 is 0. The molecule has 0 aliphatic rings. The zero-order valence-electron chi connectivity index (χ0n) is 7.90. The number of thiophene rings is 1. The van der Waals surface area contributed by atoms with Gasteiger partial charge in [-0.15, -0.1) is 0 Å². The molecule has 0 aliphatic carbocycles. The van der Waals surface area contributed by atoms with Crippen molar-refractivity contribution in [1.29, 1.82) is 0 Å². The molecule has 76 valence electrons. The highest BCUT2D eigenvalue weighted by atomic mass is 32.1. The average molecular weight is 228 g/mol. The van der Waals surface area contributed by atoms with Crippen LogP contribution in [-0.4, -0.2) is 29.4 Å². The first kappa shape index (κ1) is 11.1. The van der Waals surface area contributed by atoms with E-state index in [0.29, 0.717) is 18.0 Å². The van der Waals surface area contributed by atoms with E-state index in [2.05, 4.69) is 0 Å². The molecule has 1 heterocycles. The van der Waals surface area contributed by atoms with Gasteiger partial charge in [0.05, 0.1) is 18.0 Å². The average Bonchev–Trinajstić information content (AvgIpc) is 2.55. The number of nitrogens with zero attached hydrogens (tertiary/aromatic N) is 1. The minimum atomic E-state index is 0.0381. The molecule has 1 amide bonds. The Bertz CT molecular complexity index is 322. The fourth-order valence-electron chi connectivity index (χ4n) is 1.02. The smallest absolute Gasteiger partial charge is 0.227 e. The number of likely N-dealkylation sites (N-methyl/N-ethyl adjacent to an activating group) is 1. The molecule has 0 spiro atoms. The summed E-state index contributed by atoms with van der Waals surface area (Å²) in [6.07, 6.45) is 0.419. The third kappa shape index (κ3) is 3.43. The maximum absolute atomic E-state index is 11.6. The van der Waals surface area contributed by atoms with Gasteiger partial charge in [0, 0.05) is 7.05 Å². The lowest BCUT2D eigenvalue weighted by Gasteiger charge is -2.15.